The quantitative estimate of drug-likeness (QED) is 0.638. The molecule has 4 heteroatoms. The smallest absolute Gasteiger partial charge is 0.299 e. The van der Waals surface area contributed by atoms with Crippen LogP contribution in [0.25, 0.3) is 0 Å². The average molecular weight is 180 g/mol. The van der Waals surface area contributed by atoms with Crippen molar-refractivity contribution in [2.45, 2.75) is 38.8 Å². The van der Waals surface area contributed by atoms with Gasteiger partial charge in [-0.05, 0) is 12.8 Å². The summed E-state index contributed by atoms with van der Waals surface area (Å²) in [7, 11) is 0. The summed E-state index contributed by atoms with van der Waals surface area (Å²) in [5.74, 6) is -0.652. The molecule has 0 aromatic rings. The number of alkyl halides is 3. The van der Waals surface area contributed by atoms with Crippen LogP contribution in [0.5, 0.6) is 0 Å². The molecular weight excluding hydrogens is 169 g/mol. The first kappa shape index (κ1) is 9.55. The van der Waals surface area contributed by atoms with Gasteiger partial charge in [-0.1, -0.05) is 13.3 Å². The first-order chi connectivity index (χ1) is 5.44. The van der Waals surface area contributed by atoms with Crippen molar-refractivity contribution in [2.75, 3.05) is 0 Å². The summed E-state index contributed by atoms with van der Waals surface area (Å²) < 4.78 is 37.1. The molecule has 0 spiro atoms. The maximum atomic E-state index is 12.4. The topological polar surface area (TPSA) is 17.1 Å². The highest BCUT2D eigenvalue weighted by Gasteiger charge is 2.62. The van der Waals surface area contributed by atoms with Crippen LogP contribution in [0.1, 0.15) is 32.6 Å². The second-order valence-corrected chi connectivity index (χ2v) is 3.21. The third-order valence-corrected chi connectivity index (χ3v) is 2.60. The van der Waals surface area contributed by atoms with Crippen LogP contribution in [0.15, 0.2) is 0 Å². The third kappa shape index (κ3) is 1.13. The maximum absolute atomic E-state index is 12.4. The molecule has 1 nitrogen and oxygen atoms in total. The van der Waals surface area contributed by atoms with Gasteiger partial charge < -0.3 is 0 Å². The van der Waals surface area contributed by atoms with Gasteiger partial charge >= 0.3 is 6.18 Å². The molecule has 1 fully saturated rings. The molecule has 1 saturated carbocycles. The molecule has 1 aliphatic rings. The molecule has 12 heavy (non-hydrogen) atoms. The van der Waals surface area contributed by atoms with Gasteiger partial charge in [-0.25, -0.2) is 0 Å². The van der Waals surface area contributed by atoms with Gasteiger partial charge in [-0.2, -0.15) is 13.2 Å². The lowest BCUT2D eigenvalue weighted by atomic mass is 9.65. The van der Waals surface area contributed by atoms with Crippen LogP contribution >= 0.6 is 0 Å². The monoisotopic (exact) mass is 180 g/mol. The largest absolute Gasteiger partial charge is 0.401 e. The summed E-state index contributed by atoms with van der Waals surface area (Å²) in [6.45, 7) is 1.48. The van der Waals surface area contributed by atoms with Gasteiger partial charge in [0, 0.05) is 6.42 Å². The number of rotatable bonds is 2. The van der Waals surface area contributed by atoms with E-state index in [2.05, 4.69) is 0 Å². The summed E-state index contributed by atoms with van der Waals surface area (Å²) in [5.41, 5.74) is -1.97. The Bertz CT molecular complexity index is 191. The highest BCUT2D eigenvalue weighted by molar-refractivity contribution is 5.86. The fraction of sp³-hybridized carbons (Fsp3) is 0.875. The van der Waals surface area contributed by atoms with E-state index in [1.165, 1.54) is 6.92 Å². The molecule has 0 aromatic heterocycles. The van der Waals surface area contributed by atoms with Crippen LogP contribution in [0, 0.1) is 5.41 Å². The van der Waals surface area contributed by atoms with Crippen LogP contribution in [-0.2, 0) is 4.79 Å². The van der Waals surface area contributed by atoms with E-state index < -0.39 is 17.4 Å². The van der Waals surface area contributed by atoms with Gasteiger partial charge in [0.05, 0.1) is 0 Å². The molecule has 1 aliphatic carbocycles. The molecule has 0 unspecified atom stereocenters. The summed E-state index contributed by atoms with van der Waals surface area (Å²) in [6, 6.07) is 0. The Kier molecular flexibility index (Phi) is 2.19. The number of hydrogen-bond acceptors (Lipinski definition) is 1. The molecule has 0 amide bonds. The Hall–Kier alpha value is -0.540. The summed E-state index contributed by atoms with van der Waals surface area (Å²) in [6.07, 6.45) is -3.85. The molecule has 0 radical (unpaired) electrons. The number of carbonyl (C=O) groups excluding carboxylic acids is 1. The Morgan fingerprint density at radius 1 is 1.42 bits per heavy atom. The lowest BCUT2D eigenvalue weighted by Crippen LogP contribution is -2.49. The minimum atomic E-state index is -4.33. The van der Waals surface area contributed by atoms with Gasteiger partial charge in [0.1, 0.15) is 11.2 Å². The van der Waals surface area contributed by atoms with Gasteiger partial charge in [0.15, 0.2) is 0 Å². The molecule has 0 atom stereocenters. The second kappa shape index (κ2) is 2.75. The van der Waals surface area contributed by atoms with Crippen LogP contribution in [0.3, 0.4) is 0 Å². The number of hydrogen-bond donors (Lipinski definition) is 0. The minimum Gasteiger partial charge on any atom is -0.299 e. The third-order valence-electron chi connectivity index (χ3n) is 2.60. The molecule has 0 aliphatic heterocycles. The van der Waals surface area contributed by atoms with E-state index in [9.17, 15) is 18.0 Å². The van der Waals surface area contributed by atoms with Crippen LogP contribution in [0.4, 0.5) is 13.2 Å². The molecular formula is C8H11F3O. The van der Waals surface area contributed by atoms with Crippen molar-refractivity contribution in [3.05, 3.63) is 0 Å². The standard InChI is InChI=1S/C8H11F3O/c1-2-6(12)7(4-3-5-7)8(9,10)11/h2-5H2,1H3. The van der Waals surface area contributed by atoms with Gasteiger partial charge in [0.25, 0.3) is 0 Å². The van der Waals surface area contributed by atoms with E-state index >= 15 is 0 Å². The van der Waals surface area contributed by atoms with E-state index in [4.69, 9.17) is 0 Å². The number of halogens is 3. The van der Waals surface area contributed by atoms with Crippen LogP contribution in [-0.4, -0.2) is 12.0 Å². The zero-order chi connectivity index (χ0) is 9.41. The number of ketones is 1. The predicted molar refractivity (Wildman–Crippen MR) is 37.6 cm³/mol. The van der Waals surface area contributed by atoms with Gasteiger partial charge in [0.2, 0.25) is 0 Å². The van der Waals surface area contributed by atoms with Crippen molar-refractivity contribution < 1.29 is 18.0 Å². The molecule has 0 bridgehead atoms. The van der Waals surface area contributed by atoms with Crippen LogP contribution in [0.2, 0.25) is 0 Å². The maximum Gasteiger partial charge on any atom is 0.401 e. The molecule has 0 aromatic carbocycles. The summed E-state index contributed by atoms with van der Waals surface area (Å²) in [5, 5.41) is 0. The minimum absolute atomic E-state index is 0.0107. The highest BCUT2D eigenvalue weighted by atomic mass is 19.4. The van der Waals surface area contributed by atoms with E-state index in [1.807, 2.05) is 0 Å². The average Bonchev–Trinajstić information content (AvgIpc) is 1.81. The number of Topliss-reactive ketones (excluding diaryl/α,β-unsaturated/α-hetero) is 1. The SMILES string of the molecule is CCC(=O)C1(C(F)(F)F)CCC1. The van der Waals surface area contributed by atoms with E-state index in [1.54, 1.807) is 0 Å². The normalized spacial score (nSPS) is 21.7. The van der Waals surface area contributed by atoms with E-state index in [0.29, 0.717) is 6.42 Å². The van der Waals surface area contributed by atoms with Gasteiger partial charge in [-0.3, -0.25) is 4.79 Å². The van der Waals surface area contributed by atoms with E-state index in [0.717, 1.165) is 0 Å². The Morgan fingerprint density at radius 2 is 1.92 bits per heavy atom. The summed E-state index contributed by atoms with van der Waals surface area (Å²) in [4.78, 5) is 11.0. The zero-order valence-electron chi connectivity index (χ0n) is 6.87. The van der Waals surface area contributed by atoms with E-state index in [-0.39, 0.29) is 19.3 Å². The molecule has 0 N–H and O–H groups in total. The lowest BCUT2D eigenvalue weighted by Gasteiger charge is -2.41. The van der Waals surface area contributed by atoms with Crippen molar-refractivity contribution in [1.82, 2.24) is 0 Å². The van der Waals surface area contributed by atoms with Crippen LogP contribution < -0.4 is 0 Å². The fourth-order valence-corrected chi connectivity index (χ4v) is 1.59. The Balaban J connectivity index is 2.83. The Labute approximate surface area is 68.9 Å². The fourth-order valence-electron chi connectivity index (χ4n) is 1.59. The predicted octanol–water partition coefficient (Wildman–Crippen LogP) is 2.70. The zero-order valence-corrected chi connectivity index (χ0v) is 6.87. The van der Waals surface area contributed by atoms with Crippen molar-refractivity contribution in [1.29, 1.82) is 0 Å². The van der Waals surface area contributed by atoms with Crippen molar-refractivity contribution in [2.24, 2.45) is 5.41 Å². The van der Waals surface area contributed by atoms with Crippen molar-refractivity contribution >= 4 is 5.78 Å². The number of carbonyl (C=O) groups is 1. The lowest BCUT2D eigenvalue weighted by molar-refractivity contribution is -0.241. The molecule has 1 rings (SSSR count). The highest BCUT2D eigenvalue weighted by Crippen LogP contribution is 2.53. The van der Waals surface area contributed by atoms with Crippen molar-refractivity contribution in [3.8, 4) is 0 Å². The molecule has 70 valence electrons. The first-order valence-electron chi connectivity index (χ1n) is 4.04. The second-order valence-electron chi connectivity index (χ2n) is 3.21. The first-order valence-corrected chi connectivity index (χ1v) is 4.04. The molecule has 0 heterocycles. The summed E-state index contributed by atoms with van der Waals surface area (Å²) >= 11 is 0. The van der Waals surface area contributed by atoms with Crippen molar-refractivity contribution in [3.63, 3.8) is 0 Å². The Morgan fingerprint density at radius 3 is 2.00 bits per heavy atom. The van der Waals surface area contributed by atoms with Gasteiger partial charge in [-0.15, -0.1) is 0 Å². The molecule has 0 saturated heterocycles.